The molecule has 106 valence electrons. The highest BCUT2D eigenvalue weighted by molar-refractivity contribution is 5.93. The average molecular weight is 268 g/mol. The van der Waals surface area contributed by atoms with Gasteiger partial charge in [0, 0.05) is 26.2 Å². The van der Waals surface area contributed by atoms with E-state index in [4.69, 9.17) is 18.6 Å². The van der Waals surface area contributed by atoms with Gasteiger partial charge in [-0.25, -0.2) is 4.79 Å². The van der Waals surface area contributed by atoms with Gasteiger partial charge >= 0.3 is 5.97 Å². The summed E-state index contributed by atoms with van der Waals surface area (Å²) in [5, 5.41) is 0. The van der Waals surface area contributed by atoms with E-state index >= 15 is 0 Å². The largest absolute Gasteiger partial charge is 0.465 e. The summed E-state index contributed by atoms with van der Waals surface area (Å²) in [4.78, 5) is 12.0. The molecule has 0 unspecified atom stereocenters. The number of rotatable bonds is 7. The Morgan fingerprint density at radius 2 is 2.05 bits per heavy atom. The molecule has 0 spiro atoms. The van der Waals surface area contributed by atoms with Crippen molar-refractivity contribution in [2.45, 2.75) is 32.7 Å². The molecule has 0 aliphatic heterocycles. The van der Waals surface area contributed by atoms with E-state index in [0.717, 1.165) is 0 Å². The predicted molar refractivity (Wildman–Crippen MR) is 70.3 cm³/mol. The second kappa shape index (κ2) is 7.76. The molecule has 0 amide bonds. The Labute approximate surface area is 113 Å². The van der Waals surface area contributed by atoms with E-state index < -0.39 is 12.3 Å². The summed E-state index contributed by atoms with van der Waals surface area (Å²) in [6.07, 6.45) is 2.79. The molecule has 0 bridgehead atoms. The van der Waals surface area contributed by atoms with Crippen LogP contribution in [0.1, 0.15) is 26.0 Å². The number of methoxy groups -OCH3 is 2. The zero-order valence-electron chi connectivity index (χ0n) is 11.7. The van der Waals surface area contributed by atoms with E-state index in [1.165, 1.54) is 14.2 Å². The van der Waals surface area contributed by atoms with E-state index in [9.17, 15) is 4.79 Å². The lowest BCUT2D eigenvalue weighted by Gasteiger charge is -2.16. The maximum Gasteiger partial charge on any atom is 0.334 e. The SMILES string of the molecule is COC(CC(=Cc1ccco1)C(=O)OC(C)C)OC. The van der Waals surface area contributed by atoms with E-state index in [0.29, 0.717) is 17.8 Å². The summed E-state index contributed by atoms with van der Waals surface area (Å²) in [6, 6.07) is 3.51. The minimum Gasteiger partial charge on any atom is -0.465 e. The molecule has 0 radical (unpaired) electrons. The van der Waals surface area contributed by atoms with E-state index in [1.54, 1.807) is 38.3 Å². The van der Waals surface area contributed by atoms with Crippen LogP contribution in [0.3, 0.4) is 0 Å². The number of furan rings is 1. The fourth-order valence-electron chi connectivity index (χ4n) is 1.48. The van der Waals surface area contributed by atoms with Crippen LogP contribution in [0.4, 0.5) is 0 Å². The van der Waals surface area contributed by atoms with Gasteiger partial charge in [-0.05, 0) is 32.1 Å². The van der Waals surface area contributed by atoms with E-state index in [1.807, 2.05) is 0 Å². The Kier molecular flexibility index (Phi) is 6.32. The highest BCUT2D eigenvalue weighted by Crippen LogP contribution is 2.16. The molecule has 0 atom stereocenters. The molecule has 19 heavy (non-hydrogen) atoms. The molecule has 0 fully saturated rings. The number of hydrogen-bond donors (Lipinski definition) is 0. The molecule has 0 N–H and O–H groups in total. The van der Waals surface area contributed by atoms with Gasteiger partial charge in [-0.1, -0.05) is 0 Å². The van der Waals surface area contributed by atoms with Crippen molar-refractivity contribution in [2.75, 3.05) is 14.2 Å². The van der Waals surface area contributed by atoms with Gasteiger partial charge in [0.25, 0.3) is 0 Å². The molecule has 1 heterocycles. The molecule has 5 nitrogen and oxygen atoms in total. The molecule has 0 aliphatic carbocycles. The first kappa shape index (κ1) is 15.5. The Morgan fingerprint density at radius 1 is 1.37 bits per heavy atom. The van der Waals surface area contributed by atoms with E-state index in [-0.39, 0.29) is 6.10 Å². The zero-order chi connectivity index (χ0) is 14.3. The lowest BCUT2D eigenvalue weighted by molar-refractivity contribution is -0.145. The maximum absolute atomic E-state index is 12.0. The fraction of sp³-hybridized carbons (Fsp3) is 0.500. The first-order valence-electron chi connectivity index (χ1n) is 6.07. The molecule has 1 aromatic heterocycles. The summed E-state index contributed by atoms with van der Waals surface area (Å²) in [5.74, 6) is 0.187. The first-order chi connectivity index (χ1) is 9.06. The highest BCUT2D eigenvalue weighted by atomic mass is 16.7. The van der Waals surface area contributed by atoms with Crippen LogP contribution in [0.2, 0.25) is 0 Å². The van der Waals surface area contributed by atoms with Gasteiger partial charge in [0.1, 0.15) is 5.76 Å². The van der Waals surface area contributed by atoms with Crippen molar-refractivity contribution in [3.05, 3.63) is 29.7 Å². The average Bonchev–Trinajstić information content (AvgIpc) is 2.86. The number of ether oxygens (including phenoxy) is 3. The standard InChI is InChI=1S/C14H20O5/c1-10(2)19-14(15)11(9-13(16-3)17-4)8-12-6-5-7-18-12/h5-8,10,13H,9H2,1-4H3. The minimum atomic E-state index is -0.499. The van der Waals surface area contributed by atoms with Gasteiger partial charge in [-0.2, -0.15) is 0 Å². The van der Waals surface area contributed by atoms with Crippen LogP contribution in [0, 0.1) is 0 Å². The van der Waals surface area contributed by atoms with E-state index in [2.05, 4.69) is 0 Å². The third-order valence-electron chi connectivity index (χ3n) is 2.38. The number of carbonyl (C=O) groups excluding carboxylic acids is 1. The second-order valence-corrected chi connectivity index (χ2v) is 4.24. The van der Waals surface area contributed by atoms with Gasteiger partial charge in [-0.3, -0.25) is 0 Å². The van der Waals surface area contributed by atoms with Gasteiger partial charge in [0.15, 0.2) is 6.29 Å². The third-order valence-corrected chi connectivity index (χ3v) is 2.38. The molecule has 1 rings (SSSR count). The summed E-state index contributed by atoms with van der Waals surface area (Å²) >= 11 is 0. The Balaban J connectivity index is 2.87. The van der Waals surface area contributed by atoms with Gasteiger partial charge in [-0.15, -0.1) is 0 Å². The lowest BCUT2D eigenvalue weighted by atomic mass is 10.1. The summed E-state index contributed by atoms with van der Waals surface area (Å²) in [7, 11) is 3.04. The molecular weight excluding hydrogens is 248 g/mol. The third kappa shape index (κ3) is 5.28. The van der Waals surface area contributed by atoms with Crippen molar-refractivity contribution in [3.8, 4) is 0 Å². The van der Waals surface area contributed by atoms with Crippen LogP contribution < -0.4 is 0 Å². The van der Waals surface area contributed by atoms with Crippen molar-refractivity contribution in [1.29, 1.82) is 0 Å². The fourth-order valence-corrected chi connectivity index (χ4v) is 1.48. The molecule has 0 saturated heterocycles. The van der Waals surface area contributed by atoms with Gasteiger partial charge < -0.3 is 18.6 Å². The zero-order valence-corrected chi connectivity index (χ0v) is 11.7. The number of carbonyl (C=O) groups is 1. The first-order valence-corrected chi connectivity index (χ1v) is 6.07. The summed E-state index contributed by atoms with van der Waals surface area (Å²) in [5.41, 5.74) is 0.442. The Morgan fingerprint density at radius 3 is 2.53 bits per heavy atom. The Hall–Kier alpha value is -1.59. The Bertz CT molecular complexity index is 401. The smallest absolute Gasteiger partial charge is 0.334 e. The number of hydrogen-bond acceptors (Lipinski definition) is 5. The van der Waals surface area contributed by atoms with Crippen molar-refractivity contribution in [2.24, 2.45) is 0 Å². The van der Waals surface area contributed by atoms with Gasteiger partial charge in [0.2, 0.25) is 0 Å². The topological polar surface area (TPSA) is 57.9 Å². The molecule has 1 aromatic rings. The van der Waals surface area contributed by atoms with Gasteiger partial charge in [0.05, 0.1) is 12.4 Å². The van der Waals surface area contributed by atoms with Crippen LogP contribution in [0.15, 0.2) is 28.4 Å². The van der Waals surface area contributed by atoms with Crippen molar-refractivity contribution in [1.82, 2.24) is 0 Å². The van der Waals surface area contributed by atoms with Crippen molar-refractivity contribution < 1.29 is 23.4 Å². The quantitative estimate of drug-likeness (QED) is 0.432. The lowest BCUT2D eigenvalue weighted by Crippen LogP contribution is -2.20. The van der Waals surface area contributed by atoms with Crippen LogP contribution >= 0.6 is 0 Å². The van der Waals surface area contributed by atoms with Crippen molar-refractivity contribution in [3.63, 3.8) is 0 Å². The normalized spacial score (nSPS) is 12.2. The maximum atomic E-state index is 12.0. The molecule has 0 aromatic carbocycles. The van der Waals surface area contributed by atoms with Crippen LogP contribution in [0.5, 0.6) is 0 Å². The molecule has 0 saturated carbocycles. The predicted octanol–water partition coefficient (Wildman–Crippen LogP) is 2.62. The van der Waals surface area contributed by atoms with Crippen LogP contribution in [-0.2, 0) is 19.0 Å². The highest BCUT2D eigenvalue weighted by Gasteiger charge is 2.18. The molecule has 0 aliphatic rings. The molecule has 5 heteroatoms. The van der Waals surface area contributed by atoms with Crippen LogP contribution in [0.25, 0.3) is 6.08 Å². The summed E-state index contributed by atoms with van der Waals surface area (Å²) < 4.78 is 20.6. The van der Waals surface area contributed by atoms with Crippen LogP contribution in [-0.4, -0.2) is 32.6 Å². The second-order valence-electron chi connectivity index (χ2n) is 4.24. The monoisotopic (exact) mass is 268 g/mol. The number of esters is 1. The minimum absolute atomic E-state index is 0.184. The molecular formula is C14H20O5. The summed E-state index contributed by atoms with van der Waals surface area (Å²) in [6.45, 7) is 3.60. The van der Waals surface area contributed by atoms with Crippen molar-refractivity contribution >= 4 is 12.0 Å².